The molecule has 2 aliphatic heterocycles. The van der Waals surface area contributed by atoms with Gasteiger partial charge in [0.2, 0.25) is 0 Å². The number of benzene rings is 2. The van der Waals surface area contributed by atoms with Crippen LogP contribution < -0.4 is 14.8 Å². The molecule has 176 valence electrons. The van der Waals surface area contributed by atoms with E-state index in [0.717, 1.165) is 18.4 Å². The molecule has 0 saturated carbocycles. The average molecular weight is 475 g/mol. The summed E-state index contributed by atoms with van der Waals surface area (Å²) in [4.78, 5) is 25.3. The van der Waals surface area contributed by atoms with E-state index < -0.39 is 19.6 Å². The number of hydrogen-bond acceptors (Lipinski definition) is 8. The monoisotopic (exact) mass is 475 g/mol. The number of ether oxygens (including phenoxy) is 3. The van der Waals surface area contributed by atoms with Gasteiger partial charge in [0.05, 0.1) is 33.6 Å². The molecular weight excluding hydrogens is 449 g/mol. The van der Waals surface area contributed by atoms with Crippen LogP contribution in [0.5, 0.6) is 11.5 Å². The van der Waals surface area contributed by atoms with Crippen LogP contribution in [0.1, 0.15) is 40.4 Å². The number of fused-ring (bicyclic) bond motifs is 1. The van der Waals surface area contributed by atoms with Crippen molar-refractivity contribution < 1.29 is 37.4 Å². The molecule has 2 aromatic rings. The third kappa shape index (κ3) is 5.28. The maximum Gasteiger partial charge on any atom is 0.335 e. The van der Waals surface area contributed by atoms with Crippen molar-refractivity contribution in [2.75, 3.05) is 39.4 Å². The second-order valence-electron chi connectivity index (χ2n) is 7.74. The van der Waals surface area contributed by atoms with Crippen molar-refractivity contribution in [1.29, 1.82) is 0 Å². The molecule has 0 radical (unpaired) electrons. The van der Waals surface area contributed by atoms with Crippen molar-refractivity contribution >= 4 is 25.0 Å². The highest BCUT2D eigenvalue weighted by atomic mass is 31.2. The number of nitrogens with one attached hydrogen (secondary N) is 1. The van der Waals surface area contributed by atoms with Gasteiger partial charge in [0.15, 0.2) is 23.4 Å². The Morgan fingerprint density at radius 2 is 1.70 bits per heavy atom. The lowest BCUT2D eigenvalue weighted by Gasteiger charge is -2.25. The molecule has 0 bridgehead atoms. The average Bonchev–Trinajstić information content (AvgIpc) is 3.04. The van der Waals surface area contributed by atoms with Crippen molar-refractivity contribution in [3.8, 4) is 11.5 Å². The molecule has 4 rings (SSSR count). The Kier molecular flexibility index (Phi) is 7.14. The second kappa shape index (κ2) is 10.1. The van der Waals surface area contributed by atoms with Crippen molar-refractivity contribution in [3.05, 3.63) is 53.1 Å². The van der Waals surface area contributed by atoms with Crippen LogP contribution in [0.25, 0.3) is 0 Å². The van der Waals surface area contributed by atoms with E-state index >= 15 is 0 Å². The summed E-state index contributed by atoms with van der Waals surface area (Å²) in [5, 5.41) is 2.80. The molecule has 0 aliphatic carbocycles. The third-order valence-electron chi connectivity index (χ3n) is 5.47. The number of hydrogen-bond donors (Lipinski definition) is 1. The minimum Gasteiger partial charge on any atom is -0.493 e. The molecular formula is C23H26NO8P. The summed E-state index contributed by atoms with van der Waals surface area (Å²) in [6, 6.07) is 10.1. The number of carbonyl (C=O) groups excluding carboxylic acids is 2. The van der Waals surface area contributed by atoms with Crippen molar-refractivity contribution in [1.82, 2.24) is 0 Å². The highest BCUT2D eigenvalue weighted by molar-refractivity contribution is 7.53. The zero-order valence-electron chi connectivity index (χ0n) is 18.5. The highest BCUT2D eigenvalue weighted by Gasteiger charge is 2.33. The number of methoxy groups -OCH3 is 2. The first-order valence-corrected chi connectivity index (χ1v) is 12.3. The van der Waals surface area contributed by atoms with E-state index in [1.807, 2.05) is 0 Å². The molecule has 0 spiro atoms. The number of carbonyl (C=O) groups is 2. The van der Waals surface area contributed by atoms with Gasteiger partial charge in [0, 0.05) is 16.8 Å². The van der Waals surface area contributed by atoms with Crippen molar-refractivity contribution in [3.63, 3.8) is 0 Å². The Morgan fingerprint density at radius 3 is 2.33 bits per heavy atom. The van der Waals surface area contributed by atoms with E-state index in [2.05, 4.69) is 5.32 Å². The molecule has 1 atom stereocenters. The molecule has 2 aromatic carbocycles. The smallest absolute Gasteiger partial charge is 0.335 e. The molecule has 1 saturated heterocycles. The van der Waals surface area contributed by atoms with E-state index in [4.69, 9.17) is 23.3 Å². The quantitative estimate of drug-likeness (QED) is 0.622. The molecule has 1 fully saturated rings. The molecule has 33 heavy (non-hydrogen) atoms. The second-order valence-corrected chi connectivity index (χ2v) is 9.79. The summed E-state index contributed by atoms with van der Waals surface area (Å²) < 4.78 is 39.8. The van der Waals surface area contributed by atoms with Crippen LogP contribution in [0.4, 0.5) is 5.69 Å². The summed E-state index contributed by atoms with van der Waals surface area (Å²) in [5.74, 6) is 0.139. The van der Waals surface area contributed by atoms with Gasteiger partial charge in [-0.25, -0.2) is 0 Å². The first-order chi connectivity index (χ1) is 15.9. The zero-order valence-corrected chi connectivity index (χ0v) is 19.4. The summed E-state index contributed by atoms with van der Waals surface area (Å²) >= 11 is 0. The van der Waals surface area contributed by atoms with Gasteiger partial charge < -0.3 is 28.6 Å². The minimum atomic E-state index is -3.16. The van der Waals surface area contributed by atoms with E-state index in [-0.39, 0.29) is 18.6 Å². The number of Topliss-reactive ketones (excluding diaryl/α,β-unsaturated/α-hetero) is 1. The molecule has 9 nitrogen and oxygen atoms in total. The van der Waals surface area contributed by atoms with Gasteiger partial charge >= 0.3 is 7.60 Å². The topological polar surface area (TPSA) is 109 Å². The lowest BCUT2D eigenvalue weighted by Crippen LogP contribution is -2.31. The molecule has 0 aromatic heterocycles. The number of ketones is 1. The van der Waals surface area contributed by atoms with Crippen LogP contribution in [0.15, 0.2) is 36.4 Å². The SMILES string of the molecule is COc1cc2c(cc1OC)C(C(=O)Nc1ccc(CP3(=O)OCCCCO3)cc1)OCC2=O. The Bertz CT molecular complexity index is 1070. The first kappa shape index (κ1) is 23.4. The summed E-state index contributed by atoms with van der Waals surface area (Å²) in [6.07, 6.45) is 0.835. The van der Waals surface area contributed by atoms with Crippen LogP contribution in [0, 0.1) is 0 Å². The Hall–Kier alpha value is -2.71. The molecule has 2 heterocycles. The van der Waals surface area contributed by atoms with Crippen LogP contribution in [-0.2, 0) is 29.3 Å². The standard InChI is InChI=1S/C23H26NO8P/c1-28-20-11-17-18(12-21(20)29-2)22(30-13-19(17)25)23(26)24-16-7-5-15(6-8-16)14-33(27)31-9-3-4-10-32-33/h5-8,11-12,22H,3-4,9-10,13-14H2,1-2H3,(H,24,26). The molecule has 1 amide bonds. The van der Waals surface area contributed by atoms with Gasteiger partial charge in [0.25, 0.3) is 5.91 Å². The van der Waals surface area contributed by atoms with Crippen molar-refractivity contribution in [2.45, 2.75) is 25.1 Å². The van der Waals surface area contributed by atoms with E-state index in [1.54, 1.807) is 36.4 Å². The third-order valence-corrected chi connectivity index (χ3v) is 7.37. The summed E-state index contributed by atoms with van der Waals surface area (Å²) in [5.41, 5.74) is 2.09. The van der Waals surface area contributed by atoms with Gasteiger partial charge in [-0.15, -0.1) is 0 Å². The predicted molar refractivity (Wildman–Crippen MR) is 120 cm³/mol. The predicted octanol–water partition coefficient (Wildman–Crippen LogP) is 4.12. The van der Waals surface area contributed by atoms with E-state index in [9.17, 15) is 14.2 Å². The maximum absolute atomic E-state index is 13.0. The fraction of sp³-hybridized carbons (Fsp3) is 0.391. The largest absolute Gasteiger partial charge is 0.493 e. The normalized spacial score (nSPS) is 19.8. The van der Waals surface area contributed by atoms with Gasteiger partial charge in [-0.05, 0) is 42.7 Å². The van der Waals surface area contributed by atoms with Gasteiger partial charge in [-0.1, -0.05) is 12.1 Å². The highest BCUT2D eigenvalue weighted by Crippen LogP contribution is 2.52. The lowest BCUT2D eigenvalue weighted by atomic mass is 9.95. The maximum atomic E-state index is 13.0. The fourth-order valence-corrected chi connectivity index (χ4v) is 5.49. The lowest BCUT2D eigenvalue weighted by molar-refractivity contribution is -0.127. The van der Waals surface area contributed by atoms with Crippen molar-refractivity contribution in [2.24, 2.45) is 0 Å². The van der Waals surface area contributed by atoms with Crippen LogP contribution >= 0.6 is 7.60 Å². The number of amides is 1. The van der Waals surface area contributed by atoms with Gasteiger partial charge in [-0.3, -0.25) is 14.2 Å². The van der Waals surface area contributed by atoms with Crippen LogP contribution in [0.3, 0.4) is 0 Å². The van der Waals surface area contributed by atoms with Gasteiger partial charge in [-0.2, -0.15) is 0 Å². The zero-order chi connectivity index (χ0) is 23.4. The Morgan fingerprint density at radius 1 is 1.06 bits per heavy atom. The molecule has 1 unspecified atom stereocenters. The first-order valence-electron chi connectivity index (χ1n) is 10.6. The number of anilines is 1. The summed E-state index contributed by atoms with van der Waals surface area (Å²) in [6.45, 7) is 0.635. The minimum absolute atomic E-state index is 0.171. The number of rotatable bonds is 6. The Labute approximate surface area is 191 Å². The molecule has 1 N–H and O–H groups in total. The molecule has 10 heteroatoms. The van der Waals surface area contributed by atoms with Crippen LogP contribution in [-0.4, -0.2) is 45.7 Å². The van der Waals surface area contributed by atoms with E-state index in [0.29, 0.717) is 41.5 Å². The summed E-state index contributed by atoms with van der Waals surface area (Å²) in [7, 11) is -0.205. The van der Waals surface area contributed by atoms with Crippen LogP contribution in [0.2, 0.25) is 0 Å². The Balaban J connectivity index is 1.48. The molecule has 2 aliphatic rings. The fourth-order valence-electron chi connectivity index (χ4n) is 3.76. The van der Waals surface area contributed by atoms with E-state index in [1.165, 1.54) is 14.2 Å². The van der Waals surface area contributed by atoms with Gasteiger partial charge in [0.1, 0.15) is 6.61 Å².